The zero-order chi connectivity index (χ0) is 21.9. The van der Waals surface area contributed by atoms with E-state index < -0.39 is 0 Å². The van der Waals surface area contributed by atoms with E-state index in [1.54, 1.807) is 0 Å². The maximum atomic E-state index is 12.1. The Labute approximate surface area is 191 Å². The molecule has 0 spiro atoms. The molecule has 0 heterocycles. The molecule has 0 aliphatic heterocycles. The number of esters is 1. The van der Waals surface area contributed by atoms with Crippen molar-refractivity contribution in [3.8, 4) is 0 Å². The van der Waals surface area contributed by atoms with Crippen molar-refractivity contribution in [2.75, 3.05) is 19.8 Å². The molecule has 0 bridgehead atoms. The lowest BCUT2D eigenvalue weighted by atomic mass is 9.45. The van der Waals surface area contributed by atoms with E-state index >= 15 is 0 Å². The number of rotatable bonds is 9. The van der Waals surface area contributed by atoms with Crippen LogP contribution in [0.2, 0.25) is 0 Å². The van der Waals surface area contributed by atoms with E-state index in [4.69, 9.17) is 9.47 Å². The van der Waals surface area contributed by atoms with Gasteiger partial charge in [-0.3, -0.25) is 4.79 Å². The summed E-state index contributed by atoms with van der Waals surface area (Å²) in [7, 11) is 0. The molecule has 178 valence electrons. The Kier molecular flexibility index (Phi) is 7.72. The van der Waals surface area contributed by atoms with Crippen LogP contribution in [0.25, 0.3) is 0 Å². The second-order valence-corrected chi connectivity index (χ2v) is 11.9. The van der Waals surface area contributed by atoms with Gasteiger partial charge in [-0.1, -0.05) is 33.6 Å². The first kappa shape index (κ1) is 23.6. The maximum Gasteiger partial charge on any atom is 0.305 e. The molecule has 4 fully saturated rings. The molecule has 0 saturated heterocycles. The number of fused-ring (bicyclic) bond motifs is 5. The quantitative estimate of drug-likeness (QED) is 0.286. The van der Waals surface area contributed by atoms with Gasteiger partial charge in [-0.15, -0.1) is 0 Å². The third-order valence-electron chi connectivity index (χ3n) is 10.6. The van der Waals surface area contributed by atoms with E-state index in [0.29, 0.717) is 30.5 Å². The van der Waals surface area contributed by atoms with Gasteiger partial charge in [0.2, 0.25) is 0 Å². The fourth-order valence-corrected chi connectivity index (χ4v) is 8.90. The highest BCUT2D eigenvalue weighted by Crippen LogP contribution is 2.67. The van der Waals surface area contributed by atoms with E-state index in [2.05, 4.69) is 20.8 Å². The SMILES string of the molecule is CCCOCCOC(=O)CCCC1CCC2[C@@H]3CC[C@@H]4CCCC[C@]4(C)C3CC[C@]12C. The highest BCUT2D eigenvalue weighted by atomic mass is 16.6. The van der Waals surface area contributed by atoms with Crippen LogP contribution in [0.4, 0.5) is 0 Å². The highest BCUT2D eigenvalue weighted by Gasteiger charge is 2.59. The lowest BCUT2D eigenvalue weighted by Crippen LogP contribution is -2.52. The van der Waals surface area contributed by atoms with E-state index in [9.17, 15) is 4.79 Å². The zero-order valence-corrected chi connectivity index (χ0v) is 20.6. The summed E-state index contributed by atoms with van der Waals surface area (Å²) >= 11 is 0. The van der Waals surface area contributed by atoms with E-state index in [1.807, 2.05) is 0 Å². The molecule has 0 amide bonds. The van der Waals surface area contributed by atoms with Gasteiger partial charge in [0.25, 0.3) is 0 Å². The Balaban J connectivity index is 1.26. The molecule has 0 aromatic rings. The van der Waals surface area contributed by atoms with Crippen LogP contribution < -0.4 is 0 Å². The van der Waals surface area contributed by atoms with E-state index in [-0.39, 0.29) is 5.97 Å². The fraction of sp³-hybridized carbons (Fsp3) is 0.964. The van der Waals surface area contributed by atoms with Gasteiger partial charge >= 0.3 is 5.97 Å². The average Bonchev–Trinajstić information content (AvgIpc) is 3.09. The summed E-state index contributed by atoms with van der Waals surface area (Å²) in [6.07, 6.45) is 18.5. The van der Waals surface area contributed by atoms with Crippen LogP contribution in [0.3, 0.4) is 0 Å². The van der Waals surface area contributed by atoms with Crippen molar-refractivity contribution in [1.82, 2.24) is 0 Å². The lowest BCUT2D eigenvalue weighted by Gasteiger charge is -2.60. The average molecular weight is 433 g/mol. The van der Waals surface area contributed by atoms with Gasteiger partial charge in [0.15, 0.2) is 0 Å². The number of hydrogen-bond donors (Lipinski definition) is 0. The maximum absolute atomic E-state index is 12.1. The zero-order valence-electron chi connectivity index (χ0n) is 20.6. The van der Waals surface area contributed by atoms with Gasteiger partial charge in [0.05, 0.1) is 6.61 Å². The minimum absolute atomic E-state index is 0.0351. The van der Waals surface area contributed by atoms with Crippen molar-refractivity contribution in [3.05, 3.63) is 0 Å². The smallest absolute Gasteiger partial charge is 0.305 e. The molecular weight excluding hydrogens is 384 g/mol. The molecule has 4 saturated carbocycles. The summed E-state index contributed by atoms with van der Waals surface area (Å²) in [4.78, 5) is 12.1. The molecule has 31 heavy (non-hydrogen) atoms. The van der Waals surface area contributed by atoms with Crippen molar-refractivity contribution >= 4 is 5.97 Å². The third kappa shape index (κ3) is 4.73. The van der Waals surface area contributed by atoms with Gasteiger partial charge < -0.3 is 9.47 Å². The number of ether oxygens (including phenoxy) is 2. The van der Waals surface area contributed by atoms with Gasteiger partial charge in [0, 0.05) is 13.0 Å². The molecular formula is C28H48O3. The van der Waals surface area contributed by atoms with E-state index in [0.717, 1.165) is 49.0 Å². The summed E-state index contributed by atoms with van der Waals surface area (Å²) in [6, 6.07) is 0. The Morgan fingerprint density at radius 3 is 2.55 bits per heavy atom. The molecule has 7 atom stereocenters. The van der Waals surface area contributed by atoms with Crippen molar-refractivity contribution in [2.45, 2.75) is 111 Å². The molecule has 4 rings (SSSR count). The van der Waals surface area contributed by atoms with Crippen LogP contribution in [0.15, 0.2) is 0 Å². The molecule has 0 radical (unpaired) electrons. The van der Waals surface area contributed by atoms with Crippen LogP contribution >= 0.6 is 0 Å². The van der Waals surface area contributed by atoms with Crippen molar-refractivity contribution in [1.29, 1.82) is 0 Å². The Bertz CT molecular complexity index is 603. The van der Waals surface area contributed by atoms with Gasteiger partial charge in [0.1, 0.15) is 6.61 Å². The van der Waals surface area contributed by atoms with Crippen LogP contribution in [0, 0.1) is 40.4 Å². The minimum Gasteiger partial charge on any atom is -0.463 e. The number of carbonyl (C=O) groups is 1. The first-order valence-electron chi connectivity index (χ1n) is 13.7. The lowest BCUT2D eigenvalue weighted by molar-refractivity contribution is -0.145. The fourth-order valence-electron chi connectivity index (χ4n) is 8.90. The molecule has 0 aromatic carbocycles. The Morgan fingerprint density at radius 1 is 0.871 bits per heavy atom. The van der Waals surface area contributed by atoms with Gasteiger partial charge in [-0.05, 0) is 111 Å². The third-order valence-corrected chi connectivity index (χ3v) is 10.6. The topological polar surface area (TPSA) is 35.5 Å². The Hall–Kier alpha value is -0.570. The number of carbonyl (C=O) groups excluding carboxylic acids is 1. The minimum atomic E-state index is -0.0351. The summed E-state index contributed by atoms with van der Waals surface area (Å²) in [5.41, 5.74) is 1.17. The van der Waals surface area contributed by atoms with Crippen LogP contribution in [-0.4, -0.2) is 25.8 Å². The summed E-state index contributed by atoms with van der Waals surface area (Å²) in [5, 5.41) is 0. The highest BCUT2D eigenvalue weighted by molar-refractivity contribution is 5.69. The van der Waals surface area contributed by atoms with Crippen LogP contribution in [0.5, 0.6) is 0 Å². The van der Waals surface area contributed by atoms with Crippen molar-refractivity contribution < 1.29 is 14.3 Å². The van der Waals surface area contributed by atoms with Gasteiger partial charge in [-0.25, -0.2) is 0 Å². The normalized spacial score (nSPS) is 41.8. The van der Waals surface area contributed by atoms with Gasteiger partial charge in [-0.2, -0.15) is 0 Å². The second-order valence-electron chi connectivity index (χ2n) is 11.9. The van der Waals surface area contributed by atoms with Crippen LogP contribution in [0.1, 0.15) is 111 Å². The molecule has 3 nitrogen and oxygen atoms in total. The summed E-state index contributed by atoms with van der Waals surface area (Å²) < 4.78 is 10.8. The number of hydrogen-bond acceptors (Lipinski definition) is 3. The predicted molar refractivity (Wildman–Crippen MR) is 126 cm³/mol. The molecule has 4 aliphatic carbocycles. The van der Waals surface area contributed by atoms with Crippen molar-refractivity contribution in [3.63, 3.8) is 0 Å². The van der Waals surface area contributed by atoms with Crippen molar-refractivity contribution in [2.24, 2.45) is 40.4 Å². The molecule has 3 heteroatoms. The molecule has 4 aliphatic rings. The predicted octanol–water partition coefficient (Wildman–Crippen LogP) is 7.18. The Morgan fingerprint density at radius 2 is 1.71 bits per heavy atom. The summed E-state index contributed by atoms with van der Waals surface area (Å²) in [6.45, 7) is 9.09. The van der Waals surface area contributed by atoms with Crippen LogP contribution in [-0.2, 0) is 14.3 Å². The first-order chi connectivity index (χ1) is 15.0. The largest absolute Gasteiger partial charge is 0.463 e. The molecule has 3 unspecified atom stereocenters. The molecule has 0 N–H and O–H groups in total. The molecule has 0 aromatic heterocycles. The van der Waals surface area contributed by atoms with E-state index in [1.165, 1.54) is 70.6 Å². The summed E-state index contributed by atoms with van der Waals surface area (Å²) in [5.74, 6) is 4.72. The second kappa shape index (κ2) is 10.1. The standard InChI is InChI=1S/C28H48O3/c1-4-18-30-19-20-31-26(29)10-7-9-22-12-14-24-23-13-11-21-8-5-6-16-27(21,2)25(23)15-17-28(22,24)3/h21-25H,4-20H2,1-3H3/t21-,22?,23-,24?,25?,27-,28+/m0/s1. The monoisotopic (exact) mass is 432 g/mol. The first-order valence-corrected chi connectivity index (χ1v) is 13.7.